The van der Waals surface area contributed by atoms with Crippen LogP contribution in [0.15, 0.2) is 0 Å². The first-order valence-corrected chi connectivity index (χ1v) is 4.23. The van der Waals surface area contributed by atoms with Gasteiger partial charge in [0.05, 0.1) is 0 Å². The Hall–Kier alpha value is -0.0800. The maximum absolute atomic E-state index is 5.97. The summed E-state index contributed by atoms with van der Waals surface area (Å²) in [6.45, 7) is 1.29. The van der Waals surface area contributed by atoms with Gasteiger partial charge < -0.3 is 10.6 Å². The Morgan fingerprint density at radius 3 is 2.60 bits per heavy atom. The fraction of sp³-hybridized carbons (Fsp3) is 1.00. The largest absolute Gasteiger partial charge is 0.326 e. The molecule has 3 atom stereocenters. The molecule has 58 valence electrons. The molecule has 0 aromatic rings. The van der Waals surface area contributed by atoms with Gasteiger partial charge in [-0.05, 0) is 32.2 Å². The third-order valence-corrected chi connectivity index (χ3v) is 3.08. The van der Waals surface area contributed by atoms with E-state index in [1.54, 1.807) is 0 Å². The Bertz CT molecular complexity index is 123. The SMILES string of the molecule is CN1C[C@@H]2CCC1C(N)C2. The monoisotopic (exact) mass is 140 g/mol. The van der Waals surface area contributed by atoms with Crippen molar-refractivity contribution in [3.63, 3.8) is 0 Å². The summed E-state index contributed by atoms with van der Waals surface area (Å²) in [7, 11) is 2.20. The molecule has 2 N–H and O–H groups in total. The van der Waals surface area contributed by atoms with Crippen LogP contribution in [-0.2, 0) is 0 Å². The van der Waals surface area contributed by atoms with Gasteiger partial charge in [0.15, 0.2) is 0 Å². The molecule has 3 aliphatic rings. The van der Waals surface area contributed by atoms with Gasteiger partial charge in [-0.15, -0.1) is 0 Å². The molecular formula is C8H16N2. The van der Waals surface area contributed by atoms with E-state index in [1.807, 2.05) is 0 Å². The lowest BCUT2D eigenvalue weighted by molar-refractivity contribution is 0.0542. The maximum atomic E-state index is 5.97. The van der Waals surface area contributed by atoms with E-state index in [4.69, 9.17) is 5.73 Å². The van der Waals surface area contributed by atoms with E-state index in [0.29, 0.717) is 12.1 Å². The van der Waals surface area contributed by atoms with Crippen molar-refractivity contribution in [2.24, 2.45) is 11.7 Å². The molecule has 2 heteroatoms. The zero-order valence-corrected chi connectivity index (χ0v) is 6.59. The average Bonchev–Trinajstić information content (AvgIpc) is 1.86. The van der Waals surface area contributed by atoms with Gasteiger partial charge in [0.25, 0.3) is 0 Å². The predicted octanol–water partition coefficient (Wildman–Crippen LogP) is 0.428. The van der Waals surface area contributed by atoms with Crippen LogP contribution in [0.5, 0.6) is 0 Å². The minimum Gasteiger partial charge on any atom is -0.326 e. The second-order valence-corrected chi connectivity index (χ2v) is 3.85. The fourth-order valence-electron chi connectivity index (χ4n) is 2.54. The number of rotatable bonds is 0. The number of nitrogens with zero attached hydrogens (tertiary/aromatic N) is 1. The summed E-state index contributed by atoms with van der Waals surface area (Å²) in [6.07, 6.45) is 4.03. The van der Waals surface area contributed by atoms with Crippen LogP contribution in [0.4, 0.5) is 0 Å². The topological polar surface area (TPSA) is 29.3 Å². The van der Waals surface area contributed by atoms with Gasteiger partial charge in [-0.2, -0.15) is 0 Å². The van der Waals surface area contributed by atoms with Gasteiger partial charge in [-0.25, -0.2) is 0 Å². The third kappa shape index (κ3) is 0.867. The summed E-state index contributed by atoms with van der Waals surface area (Å²) in [5, 5.41) is 0. The molecule has 2 bridgehead atoms. The highest BCUT2D eigenvalue weighted by atomic mass is 15.2. The van der Waals surface area contributed by atoms with Crippen molar-refractivity contribution in [3.8, 4) is 0 Å². The Kier molecular flexibility index (Phi) is 1.46. The van der Waals surface area contributed by atoms with Crippen LogP contribution in [0.1, 0.15) is 19.3 Å². The first-order valence-electron chi connectivity index (χ1n) is 4.23. The number of hydrogen-bond donors (Lipinski definition) is 1. The molecule has 2 unspecified atom stereocenters. The summed E-state index contributed by atoms with van der Waals surface area (Å²) in [6, 6.07) is 1.17. The van der Waals surface area contributed by atoms with Crippen molar-refractivity contribution >= 4 is 0 Å². The van der Waals surface area contributed by atoms with Crippen molar-refractivity contribution < 1.29 is 0 Å². The van der Waals surface area contributed by atoms with Crippen LogP contribution in [0, 0.1) is 5.92 Å². The average molecular weight is 140 g/mol. The van der Waals surface area contributed by atoms with Gasteiger partial charge in [0.1, 0.15) is 0 Å². The standard InChI is InChI=1S/C8H16N2/c1-10-5-6-2-3-8(10)7(9)4-6/h6-8H,2-5,9H2,1H3/t6-,7?,8?/m1/s1. The van der Waals surface area contributed by atoms with E-state index in [0.717, 1.165) is 5.92 Å². The summed E-state index contributed by atoms with van der Waals surface area (Å²) in [4.78, 5) is 2.43. The molecule has 2 saturated heterocycles. The predicted molar refractivity (Wildman–Crippen MR) is 41.7 cm³/mol. The molecule has 2 nitrogen and oxygen atoms in total. The van der Waals surface area contributed by atoms with Gasteiger partial charge >= 0.3 is 0 Å². The minimum atomic E-state index is 0.470. The number of hydrogen-bond acceptors (Lipinski definition) is 2. The Morgan fingerprint density at radius 1 is 1.40 bits per heavy atom. The van der Waals surface area contributed by atoms with E-state index in [1.165, 1.54) is 25.8 Å². The van der Waals surface area contributed by atoms with Crippen LogP contribution in [0.3, 0.4) is 0 Å². The molecule has 1 aliphatic carbocycles. The van der Waals surface area contributed by atoms with Crippen molar-refractivity contribution in [1.82, 2.24) is 4.90 Å². The molecule has 0 aromatic heterocycles. The van der Waals surface area contributed by atoms with Crippen LogP contribution in [0.25, 0.3) is 0 Å². The normalized spacial score (nSPS) is 48.0. The highest BCUT2D eigenvalue weighted by Crippen LogP contribution is 2.32. The zero-order chi connectivity index (χ0) is 7.14. The van der Waals surface area contributed by atoms with E-state index >= 15 is 0 Å². The molecule has 2 heterocycles. The second kappa shape index (κ2) is 2.21. The van der Waals surface area contributed by atoms with E-state index < -0.39 is 0 Å². The number of piperidine rings is 2. The molecule has 0 spiro atoms. The molecule has 3 rings (SSSR count). The highest BCUT2D eigenvalue weighted by Gasteiger charge is 2.36. The summed E-state index contributed by atoms with van der Waals surface area (Å²) >= 11 is 0. The van der Waals surface area contributed by atoms with E-state index in [2.05, 4.69) is 11.9 Å². The van der Waals surface area contributed by atoms with Gasteiger partial charge in [0, 0.05) is 18.6 Å². The van der Waals surface area contributed by atoms with Crippen molar-refractivity contribution in [1.29, 1.82) is 0 Å². The zero-order valence-electron chi connectivity index (χ0n) is 6.59. The first kappa shape index (κ1) is 6.62. The second-order valence-electron chi connectivity index (χ2n) is 3.85. The van der Waals surface area contributed by atoms with Crippen LogP contribution in [0.2, 0.25) is 0 Å². The lowest BCUT2D eigenvalue weighted by Crippen LogP contribution is -2.57. The maximum Gasteiger partial charge on any atom is 0.0244 e. The lowest BCUT2D eigenvalue weighted by atomic mass is 9.77. The smallest absolute Gasteiger partial charge is 0.0244 e. The van der Waals surface area contributed by atoms with E-state index in [-0.39, 0.29) is 0 Å². The minimum absolute atomic E-state index is 0.470. The molecule has 0 radical (unpaired) electrons. The van der Waals surface area contributed by atoms with E-state index in [9.17, 15) is 0 Å². The van der Waals surface area contributed by atoms with Crippen molar-refractivity contribution in [3.05, 3.63) is 0 Å². The Morgan fingerprint density at radius 2 is 2.20 bits per heavy atom. The molecule has 1 saturated carbocycles. The van der Waals surface area contributed by atoms with Crippen molar-refractivity contribution in [2.45, 2.75) is 31.3 Å². The molecule has 3 fully saturated rings. The van der Waals surface area contributed by atoms with Gasteiger partial charge in [-0.3, -0.25) is 0 Å². The molecular weight excluding hydrogens is 124 g/mol. The molecule has 0 aromatic carbocycles. The third-order valence-electron chi connectivity index (χ3n) is 3.08. The summed E-state index contributed by atoms with van der Waals surface area (Å²) < 4.78 is 0. The summed E-state index contributed by atoms with van der Waals surface area (Å²) in [5.41, 5.74) is 5.97. The first-order chi connectivity index (χ1) is 4.77. The fourth-order valence-corrected chi connectivity index (χ4v) is 2.54. The number of likely N-dealkylation sites (N-methyl/N-ethyl adjacent to an activating group) is 1. The van der Waals surface area contributed by atoms with Crippen LogP contribution < -0.4 is 5.73 Å². The molecule has 0 amide bonds. The molecule has 10 heavy (non-hydrogen) atoms. The Labute approximate surface area is 62.4 Å². The van der Waals surface area contributed by atoms with Gasteiger partial charge in [-0.1, -0.05) is 0 Å². The lowest BCUT2D eigenvalue weighted by Gasteiger charge is -2.47. The number of fused-ring (bicyclic) bond motifs is 3. The molecule has 2 aliphatic heterocycles. The number of nitrogens with two attached hydrogens (primary N) is 1. The van der Waals surface area contributed by atoms with Gasteiger partial charge in [0.2, 0.25) is 0 Å². The quantitative estimate of drug-likeness (QED) is 0.528. The van der Waals surface area contributed by atoms with Crippen molar-refractivity contribution in [2.75, 3.05) is 13.6 Å². The summed E-state index contributed by atoms with van der Waals surface area (Å²) in [5.74, 6) is 0.907. The highest BCUT2D eigenvalue weighted by molar-refractivity contribution is 4.94. The van der Waals surface area contributed by atoms with Crippen LogP contribution >= 0.6 is 0 Å². The van der Waals surface area contributed by atoms with Crippen LogP contribution in [-0.4, -0.2) is 30.6 Å². The Balaban J connectivity index is 2.11.